The van der Waals surface area contributed by atoms with Gasteiger partial charge in [-0.1, -0.05) is 42.4 Å². The summed E-state index contributed by atoms with van der Waals surface area (Å²) in [4.78, 5) is 4.53. The Hall–Kier alpha value is -1.59. The number of nitrogens with two attached hydrogens (primary N) is 1. The molecule has 0 aliphatic carbocycles. The van der Waals surface area contributed by atoms with Crippen LogP contribution < -0.4 is 5.73 Å². The van der Waals surface area contributed by atoms with E-state index in [0.717, 1.165) is 38.2 Å². The molecule has 118 valence electrons. The van der Waals surface area contributed by atoms with Crippen molar-refractivity contribution in [1.82, 2.24) is 9.80 Å². The van der Waals surface area contributed by atoms with Crippen LogP contribution in [0.1, 0.15) is 24.8 Å². The molecule has 0 aromatic heterocycles. The zero-order valence-electron chi connectivity index (χ0n) is 13.4. The van der Waals surface area contributed by atoms with Crippen LogP contribution in [0, 0.1) is 0 Å². The second-order valence-electron chi connectivity index (χ2n) is 5.54. The van der Waals surface area contributed by atoms with E-state index in [2.05, 4.69) is 36.0 Å². The Kier molecular flexibility index (Phi) is 7.79. The van der Waals surface area contributed by atoms with Gasteiger partial charge in [-0.2, -0.15) is 0 Å². The van der Waals surface area contributed by atoms with Crippen LogP contribution in [0.2, 0.25) is 0 Å². The van der Waals surface area contributed by atoms with Crippen molar-refractivity contribution in [3.63, 3.8) is 0 Å². The normalized spacial score (nSPS) is 13.9. The van der Waals surface area contributed by atoms with Crippen LogP contribution in [0.3, 0.4) is 0 Å². The molecule has 1 rings (SSSR count). The molecule has 21 heavy (non-hydrogen) atoms. The number of likely N-dealkylation sites (N-methyl/N-ethyl adjacent to an activating group) is 1. The molecular weight excluding hydrogens is 264 g/mol. The van der Waals surface area contributed by atoms with Gasteiger partial charge < -0.3 is 20.7 Å². The van der Waals surface area contributed by atoms with Gasteiger partial charge in [0.25, 0.3) is 0 Å². The van der Waals surface area contributed by atoms with Crippen molar-refractivity contribution in [2.24, 2.45) is 10.9 Å². The molecule has 0 aliphatic heterocycles. The van der Waals surface area contributed by atoms with Crippen LogP contribution in [0.15, 0.2) is 35.5 Å². The van der Waals surface area contributed by atoms with E-state index >= 15 is 0 Å². The molecular formula is C16H28N4O. The van der Waals surface area contributed by atoms with Gasteiger partial charge in [-0.05, 0) is 45.7 Å². The fraction of sp³-hybridized carbons (Fsp3) is 0.562. The van der Waals surface area contributed by atoms with E-state index in [-0.39, 0.29) is 11.8 Å². The lowest BCUT2D eigenvalue weighted by atomic mass is 9.97. The number of rotatable bonds is 9. The Morgan fingerprint density at radius 1 is 1.24 bits per heavy atom. The summed E-state index contributed by atoms with van der Waals surface area (Å²) in [5.74, 6) is 0.197. The number of oxime groups is 1. The van der Waals surface area contributed by atoms with Gasteiger partial charge >= 0.3 is 0 Å². The molecule has 0 radical (unpaired) electrons. The predicted molar refractivity (Wildman–Crippen MR) is 87.9 cm³/mol. The molecule has 5 heteroatoms. The minimum atomic E-state index is -0.0736. The molecule has 0 fully saturated rings. The fourth-order valence-electron chi connectivity index (χ4n) is 2.37. The number of benzene rings is 1. The molecule has 0 spiro atoms. The summed E-state index contributed by atoms with van der Waals surface area (Å²) in [7, 11) is 4.17. The van der Waals surface area contributed by atoms with E-state index in [1.54, 1.807) is 0 Å². The fourth-order valence-corrected chi connectivity index (χ4v) is 2.37. The lowest BCUT2D eigenvalue weighted by Gasteiger charge is -2.26. The highest BCUT2D eigenvalue weighted by Crippen LogP contribution is 2.17. The van der Waals surface area contributed by atoms with Crippen molar-refractivity contribution in [3.8, 4) is 0 Å². The van der Waals surface area contributed by atoms with Crippen molar-refractivity contribution in [2.75, 3.05) is 40.3 Å². The highest BCUT2D eigenvalue weighted by Gasteiger charge is 2.19. The Bertz CT molecular complexity index is 420. The van der Waals surface area contributed by atoms with Crippen molar-refractivity contribution in [2.45, 2.75) is 19.3 Å². The van der Waals surface area contributed by atoms with Gasteiger partial charge in [0.2, 0.25) is 0 Å². The quantitative estimate of drug-likeness (QED) is 0.315. The van der Waals surface area contributed by atoms with Gasteiger partial charge in [-0.25, -0.2) is 0 Å². The number of amidine groups is 1. The van der Waals surface area contributed by atoms with Crippen molar-refractivity contribution >= 4 is 5.84 Å². The van der Waals surface area contributed by atoms with E-state index in [0.29, 0.717) is 0 Å². The molecule has 5 nitrogen and oxygen atoms in total. The smallest absolute Gasteiger partial charge is 0.147 e. The Balaban J connectivity index is 2.71. The molecule has 1 atom stereocenters. The summed E-state index contributed by atoms with van der Waals surface area (Å²) in [5.41, 5.74) is 6.98. The Morgan fingerprint density at radius 2 is 1.90 bits per heavy atom. The number of hydrogen-bond acceptors (Lipinski definition) is 4. The molecule has 0 amide bonds. The summed E-state index contributed by atoms with van der Waals surface area (Å²) in [5, 5.41) is 12.3. The summed E-state index contributed by atoms with van der Waals surface area (Å²) in [6.45, 7) is 5.94. The molecule has 0 bridgehead atoms. The van der Waals surface area contributed by atoms with Crippen LogP contribution in [0.25, 0.3) is 0 Å². The third kappa shape index (κ3) is 6.14. The Morgan fingerprint density at radius 3 is 2.43 bits per heavy atom. The highest BCUT2D eigenvalue weighted by molar-refractivity contribution is 5.87. The second-order valence-corrected chi connectivity index (χ2v) is 5.54. The first kappa shape index (κ1) is 17.5. The largest absolute Gasteiger partial charge is 0.409 e. The third-order valence-electron chi connectivity index (χ3n) is 3.64. The number of hydrogen-bond donors (Lipinski definition) is 2. The monoisotopic (exact) mass is 292 g/mol. The van der Waals surface area contributed by atoms with E-state index in [1.807, 2.05) is 30.3 Å². The third-order valence-corrected chi connectivity index (χ3v) is 3.64. The second kappa shape index (κ2) is 9.37. The molecule has 0 aliphatic rings. The van der Waals surface area contributed by atoms with Crippen molar-refractivity contribution < 1.29 is 5.21 Å². The summed E-state index contributed by atoms with van der Waals surface area (Å²) < 4.78 is 0. The maximum atomic E-state index is 9.04. The van der Waals surface area contributed by atoms with Gasteiger partial charge in [0.15, 0.2) is 0 Å². The molecule has 1 unspecified atom stereocenters. The Labute approximate surface area is 128 Å². The first-order valence-corrected chi connectivity index (χ1v) is 7.48. The highest BCUT2D eigenvalue weighted by atomic mass is 16.4. The van der Waals surface area contributed by atoms with Crippen molar-refractivity contribution in [3.05, 3.63) is 35.9 Å². The van der Waals surface area contributed by atoms with Crippen LogP contribution in [0.4, 0.5) is 0 Å². The zero-order valence-corrected chi connectivity index (χ0v) is 13.4. The van der Waals surface area contributed by atoms with Crippen LogP contribution in [-0.2, 0) is 0 Å². The summed E-state index contributed by atoms with van der Waals surface area (Å²) in [6, 6.07) is 9.98. The summed E-state index contributed by atoms with van der Waals surface area (Å²) in [6.07, 6.45) is 1.11. The van der Waals surface area contributed by atoms with Crippen molar-refractivity contribution in [1.29, 1.82) is 0 Å². The standard InChI is InChI=1S/C16H28N4O/c1-4-20(12-8-11-19(2)3)13-15(16(17)18-21)14-9-6-5-7-10-14/h5-7,9-10,15,21H,4,8,11-13H2,1-3H3,(H2,17,18). The zero-order chi connectivity index (χ0) is 15.7. The minimum absolute atomic E-state index is 0.0736. The topological polar surface area (TPSA) is 65.1 Å². The van der Waals surface area contributed by atoms with Crippen LogP contribution in [0.5, 0.6) is 0 Å². The van der Waals surface area contributed by atoms with Gasteiger partial charge in [0, 0.05) is 6.54 Å². The molecule has 1 aromatic carbocycles. The predicted octanol–water partition coefficient (Wildman–Crippen LogP) is 1.79. The minimum Gasteiger partial charge on any atom is -0.409 e. The molecule has 3 N–H and O–H groups in total. The SMILES string of the molecule is CCN(CCCN(C)C)CC(/C(N)=N/O)c1ccccc1. The maximum absolute atomic E-state index is 9.04. The van der Waals surface area contributed by atoms with E-state index in [9.17, 15) is 0 Å². The average Bonchev–Trinajstić information content (AvgIpc) is 2.50. The van der Waals surface area contributed by atoms with Gasteiger partial charge in [-0.3, -0.25) is 0 Å². The van der Waals surface area contributed by atoms with E-state index < -0.39 is 0 Å². The molecule has 0 heterocycles. The van der Waals surface area contributed by atoms with Crippen LogP contribution >= 0.6 is 0 Å². The lowest BCUT2D eigenvalue weighted by molar-refractivity contribution is 0.260. The van der Waals surface area contributed by atoms with E-state index in [4.69, 9.17) is 10.9 Å². The molecule has 0 saturated carbocycles. The van der Waals surface area contributed by atoms with Gasteiger partial charge in [0.1, 0.15) is 5.84 Å². The first-order chi connectivity index (χ1) is 10.1. The average molecular weight is 292 g/mol. The molecule has 1 aromatic rings. The summed E-state index contributed by atoms with van der Waals surface area (Å²) >= 11 is 0. The van der Waals surface area contributed by atoms with E-state index in [1.165, 1.54) is 0 Å². The first-order valence-electron chi connectivity index (χ1n) is 7.48. The van der Waals surface area contributed by atoms with Gasteiger partial charge in [0.05, 0.1) is 5.92 Å². The molecule has 0 saturated heterocycles. The lowest BCUT2D eigenvalue weighted by Crippen LogP contribution is -2.36. The maximum Gasteiger partial charge on any atom is 0.147 e. The van der Waals surface area contributed by atoms with Gasteiger partial charge in [-0.15, -0.1) is 0 Å². The van der Waals surface area contributed by atoms with Crippen LogP contribution in [-0.4, -0.2) is 61.1 Å². The number of nitrogens with zero attached hydrogens (tertiary/aromatic N) is 3.